The van der Waals surface area contributed by atoms with Crippen LogP contribution < -0.4 is 5.32 Å². The van der Waals surface area contributed by atoms with Gasteiger partial charge in [0, 0.05) is 30.4 Å². The predicted octanol–water partition coefficient (Wildman–Crippen LogP) is 3.85. The van der Waals surface area contributed by atoms with Crippen LogP contribution in [0.5, 0.6) is 0 Å². The van der Waals surface area contributed by atoms with E-state index in [4.69, 9.17) is 4.42 Å². The van der Waals surface area contributed by atoms with Gasteiger partial charge in [-0.15, -0.1) is 0 Å². The molecule has 0 unspecified atom stereocenters. The maximum Gasteiger partial charge on any atom is 0.271 e. The minimum Gasteiger partial charge on any atom is -0.469 e. The second kappa shape index (κ2) is 8.01. The van der Waals surface area contributed by atoms with Crippen molar-refractivity contribution in [2.75, 3.05) is 13.1 Å². The fourth-order valence-electron chi connectivity index (χ4n) is 4.20. The Morgan fingerprint density at radius 2 is 2.03 bits per heavy atom. The van der Waals surface area contributed by atoms with Gasteiger partial charge in [0.15, 0.2) is 0 Å². The smallest absolute Gasteiger partial charge is 0.271 e. The highest BCUT2D eigenvalue weighted by Gasteiger charge is 2.47. The highest BCUT2D eigenvalue weighted by molar-refractivity contribution is 6.03. The molecule has 0 spiro atoms. The van der Waals surface area contributed by atoms with E-state index in [2.05, 4.69) is 19.2 Å². The molecule has 4 rings (SSSR count). The molecule has 1 aromatic carbocycles. The second-order valence-electron chi connectivity index (χ2n) is 8.67. The van der Waals surface area contributed by atoms with Gasteiger partial charge in [-0.3, -0.25) is 9.59 Å². The molecular weight excluding hydrogens is 378 g/mol. The number of carbonyl (C=O) groups excluding carboxylic acids is 2. The predicted molar refractivity (Wildman–Crippen MR) is 116 cm³/mol. The van der Waals surface area contributed by atoms with Crippen LogP contribution in [0.15, 0.2) is 53.1 Å². The molecule has 30 heavy (non-hydrogen) atoms. The number of aromatic nitrogens is 1. The van der Waals surface area contributed by atoms with Crippen molar-refractivity contribution in [3.8, 4) is 0 Å². The molecule has 1 N–H and O–H groups in total. The Morgan fingerprint density at radius 3 is 2.77 bits per heavy atom. The molecule has 3 aromatic rings. The Bertz CT molecular complexity index is 1050. The Labute approximate surface area is 176 Å². The van der Waals surface area contributed by atoms with Gasteiger partial charge in [-0.05, 0) is 43.5 Å². The standard InChI is InChI=1S/C24H29N3O3/c1-17(2)10-12-25-23(29)24(3)16-26-20-9-5-4-7-18(20)15-21(26)22(28)27(24)13-11-19-8-6-14-30-19/h4-9,14-15,17H,10-13,16H2,1-3H3,(H,25,29)/t24-/m1/s1. The van der Waals surface area contributed by atoms with Gasteiger partial charge in [-0.2, -0.15) is 0 Å². The SMILES string of the molecule is CC(C)CCNC(=O)[C@@]1(C)Cn2c(cc3ccccc32)C(=O)N1CCc1ccco1. The highest BCUT2D eigenvalue weighted by atomic mass is 16.3. The summed E-state index contributed by atoms with van der Waals surface area (Å²) in [4.78, 5) is 28.6. The van der Waals surface area contributed by atoms with Crippen LogP contribution in [0.4, 0.5) is 0 Å². The maximum atomic E-state index is 13.5. The number of nitrogens with zero attached hydrogens (tertiary/aromatic N) is 2. The van der Waals surface area contributed by atoms with Gasteiger partial charge in [-0.25, -0.2) is 0 Å². The highest BCUT2D eigenvalue weighted by Crippen LogP contribution is 2.32. The van der Waals surface area contributed by atoms with Gasteiger partial charge in [-0.1, -0.05) is 32.0 Å². The summed E-state index contributed by atoms with van der Waals surface area (Å²) >= 11 is 0. The summed E-state index contributed by atoms with van der Waals surface area (Å²) in [5.74, 6) is 1.07. The molecule has 1 aliphatic rings. The first-order chi connectivity index (χ1) is 14.4. The lowest BCUT2D eigenvalue weighted by atomic mass is 9.94. The first-order valence-corrected chi connectivity index (χ1v) is 10.6. The van der Waals surface area contributed by atoms with Crippen LogP contribution >= 0.6 is 0 Å². The van der Waals surface area contributed by atoms with Gasteiger partial charge >= 0.3 is 0 Å². The summed E-state index contributed by atoms with van der Waals surface area (Å²) < 4.78 is 7.44. The number of nitrogens with one attached hydrogen (secondary N) is 1. The van der Waals surface area contributed by atoms with E-state index in [-0.39, 0.29) is 11.8 Å². The van der Waals surface area contributed by atoms with Crippen LogP contribution in [0.3, 0.4) is 0 Å². The molecule has 0 fully saturated rings. The van der Waals surface area contributed by atoms with E-state index >= 15 is 0 Å². The number of para-hydroxylation sites is 1. The molecule has 0 bridgehead atoms. The average Bonchev–Trinajstić information content (AvgIpc) is 3.35. The summed E-state index contributed by atoms with van der Waals surface area (Å²) in [5.41, 5.74) is 0.631. The number of carbonyl (C=O) groups is 2. The Kier molecular flexibility index (Phi) is 5.41. The third-order valence-electron chi connectivity index (χ3n) is 5.99. The Balaban J connectivity index is 1.68. The van der Waals surface area contributed by atoms with Crippen molar-refractivity contribution in [3.63, 3.8) is 0 Å². The van der Waals surface area contributed by atoms with Crippen LogP contribution in [-0.2, 0) is 17.8 Å². The van der Waals surface area contributed by atoms with Crippen LogP contribution in [-0.4, -0.2) is 39.9 Å². The summed E-state index contributed by atoms with van der Waals surface area (Å²) in [6.45, 7) is 7.58. The molecule has 1 aliphatic heterocycles. The number of rotatable bonds is 7. The van der Waals surface area contributed by atoms with E-state index in [9.17, 15) is 9.59 Å². The molecule has 2 amide bonds. The number of amides is 2. The first-order valence-electron chi connectivity index (χ1n) is 10.6. The number of furan rings is 1. The largest absolute Gasteiger partial charge is 0.469 e. The van der Waals surface area contributed by atoms with E-state index in [0.717, 1.165) is 23.1 Å². The number of benzene rings is 1. The van der Waals surface area contributed by atoms with Crippen molar-refractivity contribution in [1.29, 1.82) is 0 Å². The second-order valence-corrected chi connectivity index (χ2v) is 8.67. The number of hydrogen-bond donors (Lipinski definition) is 1. The Morgan fingerprint density at radius 1 is 1.23 bits per heavy atom. The van der Waals surface area contributed by atoms with Crippen LogP contribution in [0.1, 0.15) is 43.4 Å². The lowest BCUT2D eigenvalue weighted by Gasteiger charge is -2.44. The third-order valence-corrected chi connectivity index (χ3v) is 5.99. The Hall–Kier alpha value is -3.02. The minimum atomic E-state index is -0.977. The topological polar surface area (TPSA) is 67.5 Å². The minimum absolute atomic E-state index is 0.112. The normalized spacial score (nSPS) is 18.8. The average molecular weight is 408 g/mol. The zero-order valence-electron chi connectivity index (χ0n) is 17.9. The van der Waals surface area contributed by atoms with E-state index in [0.29, 0.717) is 37.7 Å². The van der Waals surface area contributed by atoms with Gasteiger partial charge in [0.1, 0.15) is 17.0 Å². The van der Waals surface area contributed by atoms with Crippen LogP contribution in [0, 0.1) is 5.92 Å². The molecule has 3 heterocycles. The molecule has 6 heteroatoms. The van der Waals surface area contributed by atoms with Gasteiger partial charge < -0.3 is 19.2 Å². The molecule has 6 nitrogen and oxygen atoms in total. The zero-order chi connectivity index (χ0) is 21.3. The fraction of sp³-hybridized carbons (Fsp3) is 0.417. The fourth-order valence-corrected chi connectivity index (χ4v) is 4.20. The van der Waals surface area contributed by atoms with Crippen LogP contribution in [0.2, 0.25) is 0 Å². The quantitative estimate of drug-likeness (QED) is 0.647. The van der Waals surface area contributed by atoms with Crippen molar-refractivity contribution >= 4 is 22.7 Å². The maximum absolute atomic E-state index is 13.5. The molecule has 1 atom stereocenters. The van der Waals surface area contributed by atoms with Gasteiger partial charge in [0.05, 0.1) is 12.8 Å². The van der Waals surface area contributed by atoms with Gasteiger partial charge in [0.25, 0.3) is 5.91 Å². The van der Waals surface area contributed by atoms with E-state index in [1.165, 1.54) is 0 Å². The monoisotopic (exact) mass is 407 g/mol. The molecule has 2 aromatic heterocycles. The third kappa shape index (κ3) is 3.62. The van der Waals surface area contributed by atoms with Crippen molar-refractivity contribution < 1.29 is 14.0 Å². The van der Waals surface area contributed by atoms with E-state index < -0.39 is 5.54 Å². The van der Waals surface area contributed by atoms with Gasteiger partial charge in [0.2, 0.25) is 5.91 Å². The summed E-state index contributed by atoms with van der Waals surface area (Å²) in [6, 6.07) is 13.6. The van der Waals surface area contributed by atoms with E-state index in [1.807, 2.05) is 54.0 Å². The molecule has 0 radical (unpaired) electrons. The molecule has 158 valence electrons. The summed E-state index contributed by atoms with van der Waals surface area (Å²) in [5, 5.41) is 4.08. The van der Waals surface area contributed by atoms with Crippen LogP contribution in [0.25, 0.3) is 10.9 Å². The summed E-state index contributed by atoms with van der Waals surface area (Å²) in [6.07, 6.45) is 3.09. The summed E-state index contributed by atoms with van der Waals surface area (Å²) in [7, 11) is 0. The number of hydrogen-bond acceptors (Lipinski definition) is 3. The molecule has 0 saturated heterocycles. The lowest BCUT2D eigenvalue weighted by molar-refractivity contribution is -0.132. The van der Waals surface area contributed by atoms with Crippen molar-refractivity contribution in [1.82, 2.24) is 14.8 Å². The van der Waals surface area contributed by atoms with E-state index in [1.54, 1.807) is 11.2 Å². The van der Waals surface area contributed by atoms with Crippen molar-refractivity contribution in [3.05, 3.63) is 60.2 Å². The molecule has 0 aliphatic carbocycles. The zero-order valence-corrected chi connectivity index (χ0v) is 17.9. The lowest BCUT2D eigenvalue weighted by Crippen LogP contribution is -2.64. The first kappa shape index (κ1) is 20.3. The van der Waals surface area contributed by atoms with Crippen molar-refractivity contribution in [2.45, 2.75) is 45.7 Å². The molecular formula is C24H29N3O3. The molecule has 0 saturated carbocycles. The number of fused-ring (bicyclic) bond motifs is 3. The van der Waals surface area contributed by atoms with Crippen molar-refractivity contribution in [2.24, 2.45) is 5.92 Å².